The predicted octanol–water partition coefficient (Wildman–Crippen LogP) is 2.95. The van der Waals surface area contributed by atoms with Gasteiger partial charge in [-0.25, -0.2) is 19.5 Å². The normalized spacial score (nSPS) is 15.0. The van der Waals surface area contributed by atoms with Crippen LogP contribution < -0.4 is 11.5 Å². The molecule has 1 aliphatic rings. The summed E-state index contributed by atoms with van der Waals surface area (Å²) in [5, 5.41) is 4.62. The maximum atomic E-state index is 6.06. The summed E-state index contributed by atoms with van der Waals surface area (Å²) in [7, 11) is 0. The molecule has 4 aromatic heterocycles. The third-order valence-electron chi connectivity index (χ3n) is 4.71. The lowest BCUT2D eigenvalue weighted by atomic mass is 9.97. The summed E-state index contributed by atoms with van der Waals surface area (Å²) < 4.78 is 3.40. The topological polar surface area (TPSA) is 112 Å². The van der Waals surface area contributed by atoms with Gasteiger partial charge in [0.05, 0.1) is 17.9 Å². The molecule has 0 bridgehead atoms. The first kappa shape index (κ1) is 17.7. The molecular weight excluding hydrogens is 364 g/mol. The minimum absolute atomic E-state index is 0.228. The minimum Gasteiger partial charge on any atom is -0.367 e. The minimum atomic E-state index is 0.228. The number of fused-ring (bicyclic) bond motifs is 2. The second-order valence-electron chi connectivity index (χ2n) is 6.67. The van der Waals surface area contributed by atoms with Gasteiger partial charge in [-0.2, -0.15) is 0 Å². The molecular formula is C18H21ClN8. The number of imidazole rings is 1. The fraction of sp³-hybridized carbons (Fsp3) is 0.333. The van der Waals surface area contributed by atoms with E-state index in [1.165, 1.54) is 32.1 Å². The predicted molar refractivity (Wildman–Crippen MR) is 105 cm³/mol. The van der Waals surface area contributed by atoms with Gasteiger partial charge in [-0.1, -0.05) is 30.9 Å². The van der Waals surface area contributed by atoms with Crippen molar-refractivity contribution in [2.45, 2.75) is 38.1 Å². The van der Waals surface area contributed by atoms with Crippen LogP contribution in [0.15, 0.2) is 37.1 Å². The molecule has 8 nitrogen and oxygen atoms in total. The van der Waals surface area contributed by atoms with Crippen LogP contribution in [0, 0.1) is 0 Å². The number of nitrogens with two attached hydrogens (primary N) is 2. The van der Waals surface area contributed by atoms with E-state index < -0.39 is 0 Å². The molecule has 5 rings (SSSR count). The van der Waals surface area contributed by atoms with Crippen LogP contribution in [-0.4, -0.2) is 35.0 Å². The smallest absolute Gasteiger partial charge is 0.238 e. The highest BCUT2D eigenvalue weighted by atomic mass is 35.5. The van der Waals surface area contributed by atoms with Gasteiger partial charge in [0.15, 0.2) is 0 Å². The maximum absolute atomic E-state index is 6.06. The highest BCUT2D eigenvalue weighted by molar-refractivity contribution is 6.29. The molecule has 4 aromatic rings. The molecule has 0 aliphatic heterocycles. The van der Waals surface area contributed by atoms with Crippen molar-refractivity contribution >= 4 is 28.8 Å². The first-order chi connectivity index (χ1) is 13.1. The largest absolute Gasteiger partial charge is 0.367 e. The van der Waals surface area contributed by atoms with Crippen molar-refractivity contribution in [1.82, 2.24) is 29.0 Å². The van der Waals surface area contributed by atoms with Gasteiger partial charge < -0.3 is 11.5 Å². The van der Waals surface area contributed by atoms with E-state index in [0.29, 0.717) is 17.0 Å². The number of halogens is 1. The van der Waals surface area contributed by atoms with Crippen LogP contribution in [0.3, 0.4) is 0 Å². The van der Waals surface area contributed by atoms with Crippen molar-refractivity contribution < 1.29 is 0 Å². The molecule has 27 heavy (non-hydrogen) atoms. The molecule has 1 aliphatic carbocycles. The van der Waals surface area contributed by atoms with E-state index >= 15 is 0 Å². The van der Waals surface area contributed by atoms with Crippen molar-refractivity contribution in [3.63, 3.8) is 0 Å². The van der Waals surface area contributed by atoms with Crippen LogP contribution in [-0.2, 0) is 0 Å². The monoisotopic (exact) mass is 384 g/mol. The zero-order valence-corrected chi connectivity index (χ0v) is 15.5. The molecule has 4 heterocycles. The number of rotatable bonds is 1. The summed E-state index contributed by atoms with van der Waals surface area (Å²) in [5.74, 6) is 0.786. The molecule has 0 radical (unpaired) electrons. The first-order valence-electron chi connectivity index (χ1n) is 8.96. The number of nitrogen functional groups attached to an aromatic ring is 1. The zero-order valence-electron chi connectivity index (χ0n) is 14.8. The standard InChI is InChI=1S/C12H8ClN7.C6H13N/c13-10-5-17-12-16-3-7(6-19(10)12)8-1-2-20-9(8)4-15-11(14)18-20;7-6-4-2-1-3-5-6/h1-6H,(H2,14,18);6H,1-5,7H2. The third kappa shape index (κ3) is 3.72. The summed E-state index contributed by atoms with van der Waals surface area (Å²) >= 11 is 6.06. The van der Waals surface area contributed by atoms with Crippen LogP contribution in [0.1, 0.15) is 32.1 Å². The van der Waals surface area contributed by atoms with Gasteiger partial charge in [0.2, 0.25) is 11.7 Å². The molecule has 0 saturated heterocycles. The second-order valence-corrected chi connectivity index (χ2v) is 7.05. The molecule has 0 spiro atoms. The maximum Gasteiger partial charge on any atom is 0.238 e. The van der Waals surface area contributed by atoms with Gasteiger partial charge in [-0.3, -0.25) is 4.40 Å². The Morgan fingerprint density at radius 2 is 1.81 bits per heavy atom. The fourth-order valence-corrected chi connectivity index (χ4v) is 3.45. The van der Waals surface area contributed by atoms with Crippen LogP contribution in [0.25, 0.3) is 22.4 Å². The molecule has 0 aromatic carbocycles. The van der Waals surface area contributed by atoms with E-state index in [1.54, 1.807) is 27.5 Å². The average molecular weight is 385 g/mol. The van der Waals surface area contributed by atoms with Crippen LogP contribution >= 0.6 is 11.6 Å². The molecule has 1 fully saturated rings. The Hall–Kier alpha value is -2.71. The molecule has 0 atom stereocenters. The quantitative estimate of drug-likeness (QED) is 0.521. The van der Waals surface area contributed by atoms with Crippen molar-refractivity contribution in [1.29, 1.82) is 0 Å². The Balaban J connectivity index is 0.000000218. The average Bonchev–Trinajstić information content (AvgIpc) is 3.26. The van der Waals surface area contributed by atoms with Crippen LogP contribution in [0.2, 0.25) is 5.15 Å². The molecule has 140 valence electrons. The summed E-state index contributed by atoms with van der Waals surface area (Å²) in [6.07, 6.45) is 15.3. The lowest BCUT2D eigenvalue weighted by Crippen LogP contribution is -2.22. The Morgan fingerprint density at radius 3 is 2.56 bits per heavy atom. The van der Waals surface area contributed by atoms with E-state index in [9.17, 15) is 0 Å². The summed E-state index contributed by atoms with van der Waals surface area (Å²) in [6, 6.07) is 2.46. The second kappa shape index (κ2) is 7.50. The van der Waals surface area contributed by atoms with E-state index in [-0.39, 0.29) is 5.95 Å². The number of nitrogens with zero attached hydrogens (tertiary/aromatic N) is 6. The van der Waals surface area contributed by atoms with E-state index in [1.807, 2.05) is 18.5 Å². The van der Waals surface area contributed by atoms with Crippen LogP contribution in [0.4, 0.5) is 5.95 Å². The summed E-state index contributed by atoms with van der Waals surface area (Å²) in [4.78, 5) is 12.4. The van der Waals surface area contributed by atoms with Gasteiger partial charge in [0, 0.05) is 35.8 Å². The van der Waals surface area contributed by atoms with Crippen LogP contribution in [0.5, 0.6) is 0 Å². The molecule has 9 heteroatoms. The van der Waals surface area contributed by atoms with Gasteiger partial charge in [-0.15, -0.1) is 5.10 Å². The highest BCUT2D eigenvalue weighted by Gasteiger charge is 2.10. The van der Waals surface area contributed by atoms with E-state index in [0.717, 1.165) is 16.6 Å². The van der Waals surface area contributed by atoms with E-state index in [4.69, 9.17) is 23.1 Å². The summed E-state index contributed by atoms with van der Waals surface area (Å²) in [5.41, 5.74) is 13.9. The third-order valence-corrected chi connectivity index (χ3v) is 4.99. The summed E-state index contributed by atoms with van der Waals surface area (Å²) in [6.45, 7) is 0. The van der Waals surface area contributed by atoms with Gasteiger partial charge >= 0.3 is 0 Å². The Morgan fingerprint density at radius 1 is 1.04 bits per heavy atom. The number of hydrogen-bond donors (Lipinski definition) is 2. The molecule has 4 N–H and O–H groups in total. The highest BCUT2D eigenvalue weighted by Crippen LogP contribution is 2.25. The Kier molecular flexibility index (Phi) is 4.91. The Bertz CT molecular complexity index is 1060. The zero-order chi connectivity index (χ0) is 18.8. The lowest BCUT2D eigenvalue weighted by molar-refractivity contribution is 0.441. The number of hydrogen-bond acceptors (Lipinski definition) is 6. The van der Waals surface area contributed by atoms with Crippen molar-refractivity contribution in [2.75, 3.05) is 5.73 Å². The number of aromatic nitrogens is 6. The molecule has 0 unspecified atom stereocenters. The van der Waals surface area contributed by atoms with Crippen molar-refractivity contribution in [3.05, 3.63) is 42.2 Å². The fourth-order valence-electron chi connectivity index (χ4n) is 3.28. The Labute approximate surface area is 161 Å². The lowest BCUT2D eigenvalue weighted by Gasteiger charge is -2.15. The SMILES string of the molecule is NC1CCCCC1.Nc1ncc2c(-c3cnc4ncc(Cl)n4c3)ccn2n1. The van der Waals surface area contributed by atoms with Crippen molar-refractivity contribution in [3.8, 4) is 11.1 Å². The van der Waals surface area contributed by atoms with Gasteiger partial charge in [0.25, 0.3) is 0 Å². The molecule has 0 amide bonds. The first-order valence-corrected chi connectivity index (χ1v) is 9.34. The molecule has 1 saturated carbocycles. The van der Waals surface area contributed by atoms with E-state index in [2.05, 4.69) is 20.1 Å². The van der Waals surface area contributed by atoms with Gasteiger partial charge in [0.1, 0.15) is 5.15 Å². The van der Waals surface area contributed by atoms with Crippen molar-refractivity contribution in [2.24, 2.45) is 5.73 Å². The number of anilines is 1. The van der Waals surface area contributed by atoms with Gasteiger partial charge in [-0.05, 0) is 18.9 Å².